The molecular weight excluding hydrogens is 285 g/mol. The molecule has 0 heterocycles. The molecule has 0 unspecified atom stereocenters. The molecule has 3 N–H and O–H groups in total. The minimum atomic E-state index is -0.475. The lowest BCUT2D eigenvalue weighted by atomic mass is 10.2. The molecule has 2 aromatic rings. The van der Waals surface area contributed by atoms with Crippen LogP contribution in [0.5, 0.6) is 0 Å². The highest BCUT2D eigenvalue weighted by Gasteiger charge is 2.07. The lowest BCUT2D eigenvalue weighted by Gasteiger charge is -2.09. The smallest absolute Gasteiger partial charge is 0.319 e. The first-order valence-electron chi connectivity index (χ1n) is 6.70. The zero-order valence-electron chi connectivity index (χ0n) is 12.0. The number of carbonyl (C=O) groups is 2. The van der Waals surface area contributed by atoms with Crippen LogP contribution in [-0.4, -0.2) is 19.0 Å². The van der Waals surface area contributed by atoms with Gasteiger partial charge in [0.15, 0.2) is 0 Å². The van der Waals surface area contributed by atoms with Gasteiger partial charge in [-0.3, -0.25) is 4.79 Å². The van der Waals surface area contributed by atoms with Gasteiger partial charge in [-0.05, 0) is 24.3 Å². The molecule has 6 heteroatoms. The SMILES string of the molecule is CNC(=O)c1cccc(NC(=O)NCc2ccccc2F)c1. The van der Waals surface area contributed by atoms with Crippen LogP contribution in [0.2, 0.25) is 0 Å². The molecule has 0 fully saturated rings. The Hall–Kier alpha value is -2.89. The summed E-state index contributed by atoms with van der Waals surface area (Å²) in [5.74, 6) is -0.611. The van der Waals surface area contributed by atoms with E-state index < -0.39 is 6.03 Å². The zero-order chi connectivity index (χ0) is 15.9. The lowest BCUT2D eigenvalue weighted by molar-refractivity contribution is 0.0963. The van der Waals surface area contributed by atoms with Crippen molar-refractivity contribution in [1.29, 1.82) is 0 Å². The molecule has 0 saturated carbocycles. The standard InChI is InChI=1S/C16H16FN3O2/c1-18-15(21)11-6-4-7-13(9-11)20-16(22)19-10-12-5-2-3-8-14(12)17/h2-9H,10H2,1H3,(H,18,21)(H2,19,20,22). The van der Waals surface area contributed by atoms with Gasteiger partial charge < -0.3 is 16.0 Å². The molecule has 0 saturated heterocycles. The van der Waals surface area contributed by atoms with Crippen LogP contribution in [-0.2, 0) is 6.54 Å². The minimum Gasteiger partial charge on any atom is -0.355 e. The molecule has 0 bridgehead atoms. The summed E-state index contributed by atoms with van der Waals surface area (Å²) >= 11 is 0. The monoisotopic (exact) mass is 301 g/mol. The number of rotatable bonds is 4. The number of hydrogen-bond donors (Lipinski definition) is 3. The van der Waals surface area contributed by atoms with Crippen molar-refractivity contribution in [1.82, 2.24) is 10.6 Å². The Morgan fingerprint density at radius 2 is 1.86 bits per heavy atom. The molecule has 0 aliphatic carbocycles. The van der Waals surface area contributed by atoms with Crippen LogP contribution in [0.1, 0.15) is 15.9 Å². The van der Waals surface area contributed by atoms with Crippen molar-refractivity contribution in [2.75, 3.05) is 12.4 Å². The highest BCUT2D eigenvalue weighted by Crippen LogP contribution is 2.11. The number of carbonyl (C=O) groups excluding carboxylic acids is 2. The van der Waals surface area contributed by atoms with Gasteiger partial charge in [0.25, 0.3) is 5.91 Å². The maximum atomic E-state index is 13.4. The minimum absolute atomic E-state index is 0.0770. The predicted molar refractivity (Wildman–Crippen MR) is 82.1 cm³/mol. The third-order valence-corrected chi connectivity index (χ3v) is 3.01. The molecule has 0 spiro atoms. The Morgan fingerprint density at radius 3 is 2.59 bits per heavy atom. The summed E-state index contributed by atoms with van der Waals surface area (Å²) in [5, 5.41) is 7.66. The van der Waals surface area contributed by atoms with E-state index in [-0.39, 0.29) is 18.3 Å². The average Bonchev–Trinajstić information content (AvgIpc) is 2.53. The molecule has 2 rings (SSSR count). The van der Waals surface area contributed by atoms with Crippen LogP contribution >= 0.6 is 0 Å². The summed E-state index contributed by atoms with van der Waals surface area (Å²) in [5.41, 5.74) is 1.32. The van der Waals surface area contributed by atoms with E-state index in [4.69, 9.17) is 0 Å². The van der Waals surface area contributed by atoms with Crippen LogP contribution in [0.3, 0.4) is 0 Å². The van der Waals surface area contributed by atoms with Gasteiger partial charge in [-0.25, -0.2) is 9.18 Å². The topological polar surface area (TPSA) is 70.2 Å². The summed E-state index contributed by atoms with van der Waals surface area (Å²) < 4.78 is 13.4. The summed E-state index contributed by atoms with van der Waals surface area (Å²) in [4.78, 5) is 23.3. The van der Waals surface area contributed by atoms with Gasteiger partial charge in [0.2, 0.25) is 0 Å². The molecule has 2 aromatic carbocycles. The van der Waals surface area contributed by atoms with E-state index >= 15 is 0 Å². The third-order valence-electron chi connectivity index (χ3n) is 3.01. The van der Waals surface area contributed by atoms with Crippen molar-refractivity contribution in [3.8, 4) is 0 Å². The van der Waals surface area contributed by atoms with Crippen LogP contribution in [0.4, 0.5) is 14.9 Å². The molecule has 22 heavy (non-hydrogen) atoms. The summed E-state index contributed by atoms with van der Waals surface area (Å²) in [6, 6.07) is 12.3. The lowest BCUT2D eigenvalue weighted by Crippen LogP contribution is -2.28. The van der Waals surface area contributed by atoms with Crippen molar-refractivity contribution in [2.45, 2.75) is 6.54 Å². The molecule has 0 aliphatic rings. The number of halogens is 1. The maximum Gasteiger partial charge on any atom is 0.319 e. The van der Waals surface area contributed by atoms with E-state index in [2.05, 4.69) is 16.0 Å². The van der Waals surface area contributed by atoms with Gasteiger partial charge in [0.05, 0.1) is 0 Å². The average molecular weight is 301 g/mol. The first-order valence-corrected chi connectivity index (χ1v) is 6.70. The molecule has 0 atom stereocenters. The van der Waals surface area contributed by atoms with Crippen LogP contribution in [0, 0.1) is 5.82 Å². The second kappa shape index (κ2) is 7.21. The Morgan fingerprint density at radius 1 is 1.09 bits per heavy atom. The Labute approximate surface area is 127 Å². The summed E-state index contributed by atoms with van der Waals surface area (Å²) in [7, 11) is 1.53. The van der Waals surface area contributed by atoms with Crippen molar-refractivity contribution < 1.29 is 14.0 Å². The number of urea groups is 1. The highest BCUT2D eigenvalue weighted by atomic mass is 19.1. The summed E-state index contributed by atoms with van der Waals surface area (Å²) in [6.45, 7) is 0.0770. The van der Waals surface area contributed by atoms with E-state index in [0.29, 0.717) is 16.8 Å². The predicted octanol–water partition coefficient (Wildman–Crippen LogP) is 2.51. The normalized spacial score (nSPS) is 9.91. The first-order chi connectivity index (χ1) is 10.6. The zero-order valence-corrected chi connectivity index (χ0v) is 12.0. The number of amides is 3. The molecule has 0 radical (unpaired) electrons. The number of hydrogen-bond acceptors (Lipinski definition) is 2. The van der Waals surface area contributed by atoms with Crippen molar-refractivity contribution in [3.63, 3.8) is 0 Å². The fourth-order valence-corrected chi connectivity index (χ4v) is 1.88. The largest absolute Gasteiger partial charge is 0.355 e. The molecule has 0 aromatic heterocycles. The number of benzene rings is 2. The van der Waals surface area contributed by atoms with Crippen LogP contribution in [0.15, 0.2) is 48.5 Å². The van der Waals surface area contributed by atoms with Crippen molar-refractivity contribution >= 4 is 17.6 Å². The van der Waals surface area contributed by atoms with E-state index in [0.717, 1.165) is 0 Å². The van der Waals surface area contributed by atoms with E-state index in [1.165, 1.54) is 13.1 Å². The quantitative estimate of drug-likeness (QED) is 0.812. The highest BCUT2D eigenvalue weighted by molar-refractivity contribution is 5.96. The second-order valence-electron chi connectivity index (χ2n) is 4.56. The maximum absolute atomic E-state index is 13.4. The van der Waals surface area contributed by atoms with Crippen LogP contribution in [0.25, 0.3) is 0 Å². The Balaban J connectivity index is 1.95. The van der Waals surface area contributed by atoms with Crippen LogP contribution < -0.4 is 16.0 Å². The van der Waals surface area contributed by atoms with Gasteiger partial charge in [-0.1, -0.05) is 24.3 Å². The Bertz CT molecular complexity index is 689. The van der Waals surface area contributed by atoms with Gasteiger partial charge in [-0.15, -0.1) is 0 Å². The molecular formula is C16H16FN3O2. The van der Waals surface area contributed by atoms with E-state index in [1.807, 2.05) is 0 Å². The van der Waals surface area contributed by atoms with E-state index in [9.17, 15) is 14.0 Å². The van der Waals surface area contributed by atoms with Gasteiger partial charge in [-0.2, -0.15) is 0 Å². The molecule has 3 amide bonds. The molecule has 114 valence electrons. The van der Waals surface area contributed by atoms with Crippen molar-refractivity contribution in [3.05, 3.63) is 65.5 Å². The van der Waals surface area contributed by atoms with E-state index in [1.54, 1.807) is 42.5 Å². The fraction of sp³-hybridized carbons (Fsp3) is 0.125. The molecule has 0 aliphatic heterocycles. The first kappa shape index (κ1) is 15.5. The second-order valence-corrected chi connectivity index (χ2v) is 4.56. The van der Waals surface area contributed by atoms with Gasteiger partial charge in [0.1, 0.15) is 5.82 Å². The van der Waals surface area contributed by atoms with Gasteiger partial charge in [0, 0.05) is 30.4 Å². The number of nitrogens with one attached hydrogen (secondary N) is 3. The van der Waals surface area contributed by atoms with Crippen molar-refractivity contribution in [2.24, 2.45) is 0 Å². The van der Waals surface area contributed by atoms with Gasteiger partial charge >= 0.3 is 6.03 Å². The fourth-order valence-electron chi connectivity index (χ4n) is 1.88. The molecule has 5 nitrogen and oxygen atoms in total. The Kier molecular flexibility index (Phi) is 5.08. The third kappa shape index (κ3) is 4.05. The summed E-state index contributed by atoms with van der Waals surface area (Å²) in [6.07, 6.45) is 0. The number of anilines is 1.